The minimum absolute atomic E-state index is 0.318. The summed E-state index contributed by atoms with van der Waals surface area (Å²) >= 11 is 0. The summed E-state index contributed by atoms with van der Waals surface area (Å²) in [6.07, 6.45) is 8.35. The summed E-state index contributed by atoms with van der Waals surface area (Å²) in [5, 5.41) is 0. The second-order valence-corrected chi connectivity index (χ2v) is 5.81. The number of nitrogens with two attached hydrogens (primary N) is 1. The molecule has 0 spiro atoms. The van der Waals surface area contributed by atoms with Crippen LogP contribution in [0, 0.1) is 24.5 Å². The average molecular weight is 267 g/mol. The maximum absolute atomic E-state index is 13.7. The molecule has 0 saturated heterocycles. The summed E-state index contributed by atoms with van der Waals surface area (Å²) in [5.74, 6) is -0.274. The van der Waals surface area contributed by atoms with E-state index in [0.29, 0.717) is 11.1 Å². The number of hydrogen-bond acceptors (Lipinski definition) is 1. The van der Waals surface area contributed by atoms with E-state index in [4.69, 9.17) is 5.73 Å². The van der Waals surface area contributed by atoms with Crippen molar-refractivity contribution < 1.29 is 8.78 Å². The Kier molecular flexibility index (Phi) is 4.92. The summed E-state index contributed by atoms with van der Waals surface area (Å²) in [7, 11) is 0. The van der Waals surface area contributed by atoms with E-state index in [-0.39, 0.29) is 6.04 Å². The Morgan fingerprint density at radius 3 is 2.53 bits per heavy atom. The van der Waals surface area contributed by atoms with Crippen LogP contribution in [0.2, 0.25) is 0 Å². The normalized spacial score (nSPS) is 18.5. The highest BCUT2D eigenvalue weighted by molar-refractivity contribution is 5.28. The third kappa shape index (κ3) is 3.75. The predicted molar refractivity (Wildman–Crippen MR) is 73.8 cm³/mol. The molecule has 0 aliphatic heterocycles. The highest BCUT2D eigenvalue weighted by Gasteiger charge is 2.18. The van der Waals surface area contributed by atoms with Gasteiger partial charge in [-0.3, -0.25) is 0 Å². The van der Waals surface area contributed by atoms with E-state index in [1.54, 1.807) is 13.0 Å². The monoisotopic (exact) mass is 267 g/mol. The van der Waals surface area contributed by atoms with Gasteiger partial charge < -0.3 is 5.73 Å². The zero-order chi connectivity index (χ0) is 13.8. The molecule has 0 amide bonds. The van der Waals surface area contributed by atoms with E-state index in [1.165, 1.54) is 32.1 Å². The molecule has 0 heterocycles. The highest BCUT2D eigenvalue weighted by Crippen LogP contribution is 2.30. The summed E-state index contributed by atoms with van der Waals surface area (Å²) in [5.41, 5.74) is 6.99. The topological polar surface area (TPSA) is 26.0 Å². The summed E-state index contributed by atoms with van der Waals surface area (Å²) in [6, 6.07) is 2.18. The molecule has 1 fully saturated rings. The van der Waals surface area contributed by atoms with Gasteiger partial charge >= 0.3 is 0 Å². The minimum Gasteiger partial charge on any atom is -0.324 e. The van der Waals surface area contributed by atoms with Crippen molar-refractivity contribution in [1.82, 2.24) is 0 Å². The van der Waals surface area contributed by atoms with Crippen LogP contribution in [0.15, 0.2) is 12.1 Å². The fourth-order valence-corrected chi connectivity index (χ4v) is 3.01. The predicted octanol–water partition coefficient (Wildman–Crippen LogP) is 4.63. The third-order valence-electron chi connectivity index (χ3n) is 4.29. The van der Waals surface area contributed by atoms with Crippen molar-refractivity contribution in [3.8, 4) is 0 Å². The smallest absolute Gasteiger partial charge is 0.130 e. The molecule has 2 rings (SSSR count). The van der Waals surface area contributed by atoms with Gasteiger partial charge in [-0.25, -0.2) is 8.78 Å². The summed E-state index contributed by atoms with van der Waals surface area (Å²) in [4.78, 5) is 0. The van der Waals surface area contributed by atoms with Gasteiger partial charge in [-0.15, -0.1) is 0 Å². The Bertz CT molecular complexity index is 425. The molecule has 0 radical (unpaired) electrons. The maximum Gasteiger partial charge on any atom is 0.130 e. The molecule has 1 aromatic carbocycles. The zero-order valence-corrected chi connectivity index (χ0v) is 11.6. The van der Waals surface area contributed by atoms with Crippen LogP contribution in [0.1, 0.15) is 62.1 Å². The van der Waals surface area contributed by atoms with Crippen LogP contribution in [0.4, 0.5) is 8.78 Å². The Morgan fingerprint density at radius 2 is 1.84 bits per heavy atom. The van der Waals surface area contributed by atoms with Crippen LogP contribution in [0.5, 0.6) is 0 Å². The second kappa shape index (κ2) is 6.47. The molecule has 1 aliphatic carbocycles. The molecule has 3 heteroatoms. The standard InChI is InChI=1S/C16H23F2N/c1-11-9-13(15(18)10-14(11)17)16(19)8-7-12-5-3-2-4-6-12/h9-10,12,16H,2-8,19H2,1H3. The number of benzene rings is 1. The molecule has 0 bridgehead atoms. The largest absolute Gasteiger partial charge is 0.324 e. The molecule has 1 saturated carbocycles. The van der Waals surface area contributed by atoms with Gasteiger partial charge in [0.15, 0.2) is 0 Å². The number of halogens is 2. The Balaban J connectivity index is 1.95. The second-order valence-electron chi connectivity index (χ2n) is 5.81. The number of aryl methyl sites for hydroxylation is 1. The molecular formula is C16H23F2N. The molecule has 0 aromatic heterocycles. The Labute approximate surface area is 114 Å². The lowest BCUT2D eigenvalue weighted by Crippen LogP contribution is -2.15. The molecule has 1 aliphatic rings. The van der Waals surface area contributed by atoms with Crippen molar-refractivity contribution in [3.63, 3.8) is 0 Å². The molecule has 2 N–H and O–H groups in total. The molecule has 1 unspecified atom stereocenters. The van der Waals surface area contributed by atoms with Crippen LogP contribution in [-0.4, -0.2) is 0 Å². The lowest BCUT2D eigenvalue weighted by molar-refractivity contribution is 0.323. The van der Waals surface area contributed by atoms with Crippen LogP contribution in [-0.2, 0) is 0 Å². The fraction of sp³-hybridized carbons (Fsp3) is 0.625. The minimum atomic E-state index is -0.515. The van der Waals surface area contributed by atoms with Crippen molar-refractivity contribution in [2.24, 2.45) is 11.7 Å². The van der Waals surface area contributed by atoms with E-state index in [0.717, 1.165) is 24.8 Å². The van der Waals surface area contributed by atoms with Gasteiger partial charge in [0.1, 0.15) is 11.6 Å². The van der Waals surface area contributed by atoms with Gasteiger partial charge in [0.2, 0.25) is 0 Å². The Hall–Kier alpha value is -0.960. The van der Waals surface area contributed by atoms with Gasteiger partial charge in [-0.2, -0.15) is 0 Å². The van der Waals surface area contributed by atoms with Crippen molar-refractivity contribution in [2.75, 3.05) is 0 Å². The number of rotatable bonds is 4. The van der Waals surface area contributed by atoms with Crippen LogP contribution in [0.3, 0.4) is 0 Å². The Morgan fingerprint density at radius 1 is 1.16 bits per heavy atom. The molecule has 1 aromatic rings. The maximum atomic E-state index is 13.7. The van der Waals surface area contributed by atoms with Crippen molar-refractivity contribution >= 4 is 0 Å². The van der Waals surface area contributed by atoms with Gasteiger partial charge in [0, 0.05) is 17.7 Å². The number of hydrogen-bond donors (Lipinski definition) is 1. The van der Waals surface area contributed by atoms with Crippen LogP contribution in [0.25, 0.3) is 0 Å². The van der Waals surface area contributed by atoms with E-state index >= 15 is 0 Å². The SMILES string of the molecule is Cc1cc(C(N)CCC2CCCCC2)c(F)cc1F. The molecule has 1 nitrogen and oxygen atoms in total. The lowest BCUT2D eigenvalue weighted by atomic mass is 9.84. The van der Waals surface area contributed by atoms with Crippen LogP contribution >= 0.6 is 0 Å². The van der Waals surface area contributed by atoms with E-state index in [1.807, 2.05) is 0 Å². The van der Waals surface area contributed by atoms with Gasteiger partial charge in [0.05, 0.1) is 0 Å². The van der Waals surface area contributed by atoms with E-state index in [9.17, 15) is 8.78 Å². The third-order valence-corrected chi connectivity index (χ3v) is 4.29. The zero-order valence-electron chi connectivity index (χ0n) is 11.6. The van der Waals surface area contributed by atoms with Crippen molar-refractivity contribution in [2.45, 2.75) is 57.9 Å². The molecular weight excluding hydrogens is 244 g/mol. The van der Waals surface area contributed by atoms with Gasteiger partial charge in [-0.05, 0) is 37.3 Å². The van der Waals surface area contributed by atoms with Crippen molar-refractivity contribution in [1.29, 1.82) is 0 Å². The summed E-state index contributed by atoms with van der Waals surface area (Å²) in [6.45, 7) is 1.64. The molecule has 1 atom stereocenters. The van der Waals surface area contributed by atoms with E-state index < -0.39 is 11.6 Å². The lowest BCUT2D eigenvalue weighted by Gasteiger charge is -2.23. The molecule has 106 valence electrons. The quantitative estimate of drug-likeness (QED) is 0.845. The first-order valence-corrected chi connectivity index (χ1v) is 7.29. The summed E-state index contributed by atoms with van der Waals surface area (Å²) < 4.78 is 26.9. The average Bonchev–Trinajstić information content (AvgIpc) is 2.41. The first kappa shape index (κ1) is 14.4. The van der Waals surface area contributed by atoms with Gasteiger partial charge in [-0.1, -0.05) is 32.1 Å². The highest BCUT2D eigenvalue weighted by atomic mass is 19.1. The van der Waals surface area contributed by atoms with Crippen molar-refractivity contribution in [3.05, 3.63) is 34.9 Å². The first-order chi connectivity index (χ1) is 9.08. The van der Waals surface area contributed by atoms with Crippen LogP contribution < -0.4 is 5.73 Å². The molecule has 19 heavy (non-hydrogen) atoms. The van der Waals surface area contributed by atoms with E-state index in [2.05, 4.69) is 0 Å². The fourth-order valence-electron chi connectivity index (χ4n) is 3.01. The first-order valence-electron chi connectivity index (χ1n) is 7.29. The van der Waals surface area contributed by atoms with Gasteiger partial charge in [0.25, 0.3) is 0 Å².